The lowest BCUT2D eigenvalue weighted by atomic mass is 10.0. The van der Waals surface area contributed by atoms with Gasteiger partial charge in [0.05, 0.1) is 17.7 Å². The van der Waals surface area contributed by atoms with E-state index in [1.54, 1.807) is 19.1 Å². The predicted octanol–water partition coefficient (Wildman–Crippen LogP) is 3.04. The molecule has 0 aromatic heterocycles. The van der Waals surface area contributed by atoms with Crippen molar-refractivity contribution in [3.05, 3.63) is 34.9 Å². The number of ether oxygens (including phenoxy) is 1. The largest absolute Gasteiger partial charge is 0.478 e. The monoisotopic (exact) mass is 250 g/mol. The van der Waals surface area contributed by atoms with Crippen molar-refractivity contribution in [3.8, 4) is 0 Å². The van der Waals surface area contributed by atoms with E-state index in [9.17, 15) is 9.59 Å². The summed E-state index contributed by atoms with van der Waals surface area (Å²) in [5.41, 5.74) is 0.711. The second kappa shape index (κ2) is 6.79. The van der Waals surface area contributed by atoms with Crippen molar-refractivity contribution in [2.24, 2.45) is 0 Å². The molecule has 0 aliphatic heterocycles. The minimum absolute atomic E-state index is 0.0259. The summed E-state index contributed by atoms with van der Waals surface area (Å²) in [6.07, 6.45) is 2.84. The third kappa shape index (κ3) is 3.58. The van der Waals surface area contributed by atoms with Gasteiger partial charge in [0.1, 0.15) is 0 Å². The maximum atomic E-state index is 11.8. The van der Waals surface area contributed by atoms with E-state index in [-0.39, 0.29) is 11.1 Å². The number of esters is 1. The SMILES string of the molecule is CCCCCOC(=O)c1cccc(C)c1C(=O)O. The number of aryl methyl sites for hydroxylation is 1. The molecular weight excluding hydrogens is 232 g/mol. The number of hydrogen-bond donors (Lipinski definition) is 1. The zero-order valence-electron chi connectivity index (χ0n) is 10.7. The van der Waals surface area contributed by atoms with Crippen LogP contribution < -0.4 is 0 Å². The molecule has 4 nitrogen and oxygen atoms in total. The summed E-state index contributed by atoms with van der Waals surface area (Å²) >= 11 is 0. The van der Waals surface area contributed by atoms with Gasteiger partial charge in [0.2, 0.25) is 0 Å². The molecule has 0 heterocycles. The zero-order valence-corrected chi connectivity index (χ0v) is 10.7. The Balaban J connectivity index is 2.79. The molecule has 0 aliphatic rings. The van der Waals surface area contributed by atoms with Crippen molar-refractivity contribution < 1.29 is 19.4 Å². The molecule has 1 rings (SSSR count). The molecule has 0 amide bonds. The van der Waals surface area contributed by atoms with Crippen LogP contribution in [0.2, 0.25) is 0 Å². The van der Waals surface area contributed by atoms with Gasteiger partial charge in [-0.05, 0) is 25.0 Å². The predicted molar refractivity (Wildman–Crippen MR) is 67.9 cm³/mol. The van der Waals surface area contributed by atoms with Crippen LogP contribution in [0.4, 0.5) is 0 Å². The summed E-state index contributed by atoms with van der Waals surface area (Å²) in [6, 6.07) is 4.81. The van der Waals surface area contributed by atoms with Crippen LogP contribution in [0, 0.1) is 6.92 Å². The molecule has 4 heteroatoms. The topological polar surface area (TPSA) is 63.6 Å². The van der Waals surface area contributed by atoms with Crippen LogP contribution in [0.15, 0.2) is 18.2 Å². The molecular formula is C14H18O4. The third-order valence-corrected chi connectivity index (χ3v) is 2.69. The van der Waals surface area contributed by atoms with E-state index in [1.165, 1.54) is 6.07 Å². The van der Waals surface area contributed by atoms with E-state index in [2.05, 4.69) is 6.92 Å². The van der Waals surface area contributed by atoms with Crippen LogP contribution in [0.5, 0.6) is 0 Å². The molecule has 0 atom stereocenters. The molecule has 0 radical (unpaired) electrons. The minimum atomic E-state index is -1.10. The quantitative estimate of drug-likeness (QED) is 0.622. The van der Waals surface area contributed by atoms with Crippen molar-refractivity contribution in [1.82, 2.24) is 0 Å². The van der Waals surface area contributed by atoms with Crippen molar-refractivity contribution in [1.29, 1.82) is 0 Å². The highest BCUT2D eigenvalue weighted by molar-refractivity contribution is 6.03. The molecule has 0 fully saturated rings. The molecule has 0 spiro atoms. The van der Waals surface area contributed by atoms with Crippen LogP contribution in [0.3, 0.4) is 0 Å². The van der Waals surface area contributed by atoms with Crippen molar-refractivity contribution in [2.45, 2.75) is 33.1 Å². The Hall–Kier alpha value is -1.84. The van der Waals surface area contributed by atoms with Crippen LogP contribution in [0.25, 0.3) is 0 Å². The van der Waals surface area contributed by atoms with Crippen LogP contribution in [-0.4, -0.2) is 23.7 Å². The Morgan fingerprint density at radius 1 is 1.28 bits per heavy atom. The van der Waals surface area contributed by atoms with Gasteiger partial charge in [-0.15, -0.1) is 0 Å². The van der Waals surface area contributed by atoms with Gasteiger partial charge < -0.3 is 9.84 Å². The molecule has 0 bridgehead atoms. The first kappa shape index (κ1) is 14.2. The number of carboxylic acid groups (broad SMARTS) is 1. The fourth-order valence-corrected chi connectivity index (χ4v) is 1.72. The fourth-order valence-electron chi connectivity index (χ4n) is 1.72. The number of carbonyl (C=O) groups excluding carboxylic acids is 1. The van der Waals surface area contributed by atoms with Gasteiger partial charge in [-0.3, -0.25) is 0 Å². The standard InChI is InChI=1S/C14H18O4/c1-3-4-5-9-18-14(17)11-8-6-7-10(2)12(11)13(15)16/h6-8H,3-5,9H2,1-2H3,(H,15,16). The molecule has 1 aromatic rings. The maximum Gasteiger partial charge on any atom is 0.339 e. The second-order valence-corrected chi connectivity index (χ2v) is 4.15. The number of carboxylic acids is 1. The molecule has 1 aromatic carbocycles. The van der Waals surface area contributed by atoms with Crippen molar-refractivity contribution in [2.75, 3.05) is 6.61 Å². The summed E-state index contributed by atoms with van der Waals surface area (Å²) in [5, 5.41) is 9.10. The number of hydrogen-bond acceptors (Lipinski definition) is 3. The van der Waals surface area contributed by atoms with E-state index in [1.807, 2.05) is 0 Å². The first-order valence-electron chi connectivity index (χ1n) is 6.08. The van der Waals surface area contributed by atoms with Crippen LogP contribution in [-0.2, 0) is 4.74 Å². The summed E-state index contributed by atoms with van der Waals surface area (Å²) in [6.45, 7) is 4.06. The lowest BCUT2D eigenvalue weighted by molar-refractivity contribution is 0.0487. The molecule has 0 saturated carbocycles. The normalized spacial score (nSPS) is 10.1. The maximum absolute atomic E-state index is 11.8. The molecule has 1 N–H and O–H groups in total. The van der Waals surface area contributed by atoms with Gasteiger partial charge in [0.25, 0.3) is 0 Å². The van der Waals surface area contributed by atoms with E-state index in [0.29, 0.717) is 12.2 Å². The minimum Gasteiger partial charge on any atom is -0.478 e. The fraction of sp³-hybridized carbons (Fsp3) is 0.429. The zero-order chi connectivity index (χ0) is 13.5. The van der Waals surface area contributed by atoms with Crippen LogP contribution >= 0.6 is 0 Å². The van der Waals surface area contributed by atoms with E-state index in [0.717, 1.165) is 19.3 Å². The second-order valence-electron chi connectivity index (χ2n) is 4.15. The first-order valence-corrected chi connectivity index (χ1v) is 6.08. The van der Waals surface area contributed by atoms with E-state index in [4.69, 9.17) is 9.84 Å². The summed E-state index contributed by atoms with van der Waals surface area (Å²) in [7, 11) is 0. The summed E-state index contributed by atoms with van der Waals surface area (Å²) < 4.78 is 5.07. The van der Waals surface area contributed by atoms with Gasteiger partial charge >= 0.3 is 11.9 Å². The molecule has 0 aliphatic carbocycles. The summed E-state index contributed by atoms with van der Waals surface area (Å²) in [4.78, 5) is 22.9. The van der Waals surface area contributed by atoms with Gasteiger partial charge in [0.15, 0.2) is 0 Å². The van der Waals surface area contributed by atoms with Gasteiger partial charge in [-0.25, -0.2) is 9.59 Å². The number of rotatable bonds is 6. The number of aromatic carboxylic acids is 1. The molecule has 0 saturated heterocycles. The highest BCUT2D eigenvalue weighted by atomic mass is 16.5. The molecule has 18 heavy (non-hydrogen) atoms. The van der Waals surface area contributed by atoms with Gasteiger partial charge in [0, 0.05) is 0 Å². The Kier molecular flexibility index (Phi) is 5.36. The van der Waals surface area contributed by atoms with E-state index < -0.39 is 11.9 Å². The first-order chi connectivity index (χ1) is 8.57. The Bertz CT molecular complexity index is 437. The smallest absolute Gasteiger partial charge is 0.339 e. The Morgan fingerprint density at radius 2 is 2.00 bits per heavy atom. The number of carbonyl (C=O) groups is 2. The van der Waals surface area contributed by atoms with Crippen molar-refractivity contribution in [3.63, 3.8) is 0 Å². The van der Waals surface area contributed by atoms with Crippen molar-refractivity contribution >= 4 is 11.9 Å². The Morgan fingerprint density at radius 3 is 2.61 bits per heavy atom. The lowest BCUT2D eigenvalue weighted by Gasteiger charge is -2.08. The highest BCUT2D eigenvalue weighted by Gasteiger charge is 2.19. The number of benzene rings is 1. The highest BCUT2D eigenvalue weighted by Crippen LogP contribution is 2.15. The van der Waals surface area contributed by atoms with Gasteiger partial charge in [-0.2, -0.15) is 0 Å². The molecule has 98 valence electrons. The van der Waals surface area contributed by atoms with E-state index >= 15 is 0 Å². The third-order valence-electron chi connectivity index (χ3n) is 2.69. The van der Waals surface area contributed by atoms with Gasteiger partial charge in [-0.1, -0.05) is 31.9 Å². The molecule has 0 unspecified atom stereocenters. The average Bonchev–Trinajstić information content (AvgIpc) is 2.33. The van der Waals surface area contributed by atoms with Crippen LogP contribution in [0.1, 0.15) is 52.5 Å². The lowest BCUT2D eigenvalue weighted by Crippen LogP contribution is -2.13. The number of unbranched alkanes of at least 4 members (excludes halogenated alkanes) is 2. The Labute approximate surface area is 107 Å². The average molecular weight is 250 g/mol. The summed E-state index contributed by atoms with van der Waals surface area (Å²) in [5.74, 6) is -1.67.